The Balaban J connectivity index is 2.33. The molecule has 1 aromatic carbocycles. The highest BCUT2D eigenvalue weighted by Gasteiger charge is 2.30. The van der Waals surface area contributed by atoms with Gasteiger partial charge in [-0.1, -0.05) is 43.7 Å². The van der Waals surface area contributed by atoms with Crippen molar-refractivity contribution in [2.24, 2.45) is 5.92 Å². The summed E-state index contributed by atoms with van der Waals surface area (Å²) in [6, 6.07) is 5.02. The molecule has 0 spiro atoms. The van der Waals surface area contributed by atoms with Gasteiger partial charge in [0.1, 0.15) is 5.60 Å². The number of carbonyl (C=O) groups excluding carboxylic acids is 2. The quantitative estimate of drug-likeness (QED) is 0.631. The Kier molecular flexibility index (Phi) is 7.10. The second-order valence-corrected chi connectivity index (χ2v) is 8.53. The molecule has 1 aliphatic rings. The van der Waals surface area contributed by atoms with Crippen LogP contribution in [0.5, 0.6) is 0 Å². The second kappa shape index (κ2) is 8.90. The largest absolute Gasteiger partial charge is 0.465 e. The van der Waals surface area contributed by atoms with Crippen LogP contribution in [0.15, 0.2) is 18.2 Å². The predicted molar refractivity (Wildman–Crippen MR) is 103 cm³/mol. The van der Waals surface area contributed by atoms with Crippen LogP contribution >= 0.6 is 11.6 Å². The van der Waals surface area contributed by atoms with Crippen molar-refractivity contribution in [1.29, 1.82) is 0 Å². The van der Waals surface area contributed by atoms with Gasteiger partial charge in [0.2, 0.25) is 0 Å². The van der Waals surface area contributed by atoms with Gasteiger partial charge in [0.25, 0.3) is 0 Å². The second-order valence-electron chi connectivity index (χ2n) is 8.09. The molecule has 0 N–H and O–H groups in total. The van der Waals surface area contributed by atoms with Crippen molar-refractivity contribution in [3.63, 3.8) is 0 Å². The van der Waals surface area contributed by atoms with E-state index in [4.69, 9.17) is 21.1 Å². The molecule has 0 radical (unpaired) electrons. The molecule has 4 nitrogen and oxygen atoms in total. The van der Waals surface area contributed by atoms with Crippen molar-refractivity contribution in [3.8, 4) is 0 Å². The highest BCUT2D eigenvalue weighted by atomic mass is 35.5. The van der Waals surface area contributed by atoms with E-state index < -0.39 is 17.5 Å². The summed E-state index contributed by atoms with van der Waals surface area (Å²) >= 11 is 6.22. The fraction of sp³-hybridized carbons (Fsp3) is 0.619. The fourth-order valence-electron chi connectivity index (χ4n) is 3.55. The molecule has 26 heavy (non-hydrogen) atoms. The average Bonchev–Trinajstić information content (AvgIpc) is 2.57. The highest BCUT2D eigenvalue weighted by Crippen LogP contribution is 2.35. The molecule has 5 heteroatoms. The van der Waals surface area contributed by atoms with Gasteiger partial charge < -0.3 is 9.47 Å². The Hall–Kier alpha value is -1.55. The van der Waals surface area contributed by atoms with Crippen molar-refractivity contribution in [1.82, 2.24) is 0 Å². The zero-order valence-corrected chi connectivity index (χ0v) is 16.9. The molecule has 0 saturated heterocycles. The van der Waals surface area contributed by atoms with Gasteiger partial charge >= 0.3 is 11.9 Å². The van der Waals surface area contributed by atoms with Crippen LogP contribution in [0, 0.1) is 5.92 Å². The maximum Gasteiger partial charge on any atom is 0.337 e. The van der Waals surface area contributed by atoms with Gasteiger partial charge in [-0.15, -0.1) is 0 Å². The van der Waals surface area contributed by atoms with Crippen molar-refractivity contribution in [3.05, 3.63) is 34.3 Å². The number of carbonyl (C=O) groups is 2. The predicted octanol–water partition coefficient (Wildman–Crippen LogP) is 5.52. The molecular weight excluding hydrogens is 352 g/mol. The fourth-order valence-corrected chi connectivity index (χ4v) is 3.79. The molecule has 1 saturated carbocycles. The molecule has 144 valence electrons. The first kappa shape index (κ1) is 20.8. The lowest BCUT2D eigenvalue weighted by atomic mass is 9.80. The van der Waals surface area contributed by atoms with Gasteiger partial charge in [0, 0.05) is 5.02 Å². The Bertz CT molecular complexity index is 642. The van der Waals surface area contributed by atoms with E-state index in [-0.39, 0.29) is 5.97 Å². The van der Waals surface area contributed by atoms with Crippen LogP contribution in [0.25, 0.3) is 0 Å². The molecule has 0 bridgehead atoms. The van der Waals surface area contributed by atoms with E-state index in [1.54, 1.807) is 18.2 Å². The summed E-state index contributed by atoms with van der Waals surface area (Å²) in [7, 11) is 1.33. The lowest BCUT2D eigenvalue weighted by molar-refractivity contribution is -0.157. The molecule has 0 aliphatic heterocycles. The summed E-state index contributed by atoms with van der Waals surface area (Å²) in [4.78, 5) is 24.8. The van der Waals surface area contributed by atoms with Crippen molar-refractivity contribution >= 4 is 23.5 Å². The van der Waals surface area contributed by atoms with Crippen LogP contribution in [0.2, 0.25) is 5.02 Å². The van der Waals surface area contributed by atoms with E-state index in [0.29, 0.717) is 16.5 Å². The number of esters is 2. The maximum atomic E-state index is 12.9. The van der Waals surface area contributed by atoms with Crippen LogP contribution in [-0.2, 0) is 14.3 Å². The number of halogens is 1. The summed E-state index contributed by atoms with van der Waals surface area (Å²) in [5.74, 6) is -0.670. The van der Waals surface area contributed by atoms with Crippen molar-refractivity contribution in [2.45, 2.75) is 70.8 Å². The summed E-state index contributed by atoms with van der Waals surface area (Å²) in [6.45, 7) is 5.58. The lowest BCUT2D eigenvalue weighted by Gasteiger charge is -2.29. The van der Waals surface area contributed by atoms with Gasteiger partial charge in [-0.3, -0.25) is 4.79 Å². The Morgan fingerprint density at radius 3 is 2.38 bits per heavy atom. The molecule has 2 rings (SSSR count). The van der Waals surface area contributed by atoms with E-state index in [1.165, 1.54) is 26.4 Å². The Morgan fingerprint density at radius 1 is 1.15 bits per heavy atom. The molecular formula is C21H29ClO4. The smallest absolute Gasteiger partial charge is 0.337 e. The summed E-state index contributed by atoms with van der Waals surface area (Å²) in [5, 5.41) is 0.417. The molecule has 0 aromatic heterocycles. The normalized spacial score (nSPS) is 16.8. The summed E-state index contributed by atoms with van der Waals surface area (Å²) in [6.07, 6.45) is 6.64. The highest BCUT2D eigenvalue weighted by molar-refractivity contribution is 6.31. The Labute approximate surface area is 161 Å². The Morgan fingerprint density at radius 2 is 1.81 bits per heavy atom. The number of rotatable bonds is 5. The molecule has 1 aromatic rings. The van der Waals surface area contributed by atoms with E-state index in [0.717, 1.165) is 24.8 Å². The van der Waals surface area contributed by atoms with Crippen LogP contribution in [0.4, 0.5) is 0 Å². The topological polar surface area (TPSA) is 52.6 Å². The number of ether oxygens (including phenoxy) is 2. The molecule has 0 amide bonds. The standard InChI is InChI=1S/C21H29ClO4/c1-21(2,3)26-20(24)18(10-14-8-6-5-7-9-14)15-11-16(19(23)25-4)13-17(22)12-15/h11-14,18H,5-10H2,1-4H3. The zero-order chi connectivity index (χ0) is 19.3. The van der Waals surface area contributed by atoms with E-state index >= 15 is 0 Å². The van der Waals surface area contributed by atoms with Crippen LogP contribution in [-0.4, -0.2) is 24.6 Å². The van der Waals surface area contributed by atoms with Gasteiger partial charge in [0.15, 0.2) is 0 Å². The van der Waals surface area contributed by atoms with E-state index in [1.807, 2.05) is 20.8 Å². The van der Waals surface area contributed by atoms with Crippen molar-refractivity contribution < 1.29 is 19.1 Å². The summed E-state index contributed by atoms with van der Waals surface area (Å²) < 4.78 is 10.5. The van der Waals surface area contributed by atoms with Gasteiger partial charge in [-0.25, -0.2) is 4.79 Å². The monoisotopic (exact) mass is 380 g/mol. The first-order valence-corrected chi connectivity index (χ1v) is 9.69. The maximum absolute atomic E-state index is 12.9. The minimum Gasteiger partial charge on any atom is -0.465 e. The van der Waals surface area contributed by atoms with Gasteiger partial charge in [-0.2, -0.15) is 0 Å². The van der Waals surface area contributed by atoms with Gasteiger partial charge in [0.05, 0.1) is 18.6 Å². The van der Waals surface area contributed by atoms with E-state index in [9.17, 15) is 9.59 Å². The number of hydrogen-bond donors (Lipinski definition) is 0. The summed E-state index contributed by atoms with van der Waals surface area (Å²) in [5.41, 5.74) is 0.510. The third-order valence-corrected chi connectivity index (χ3v) is 4.95. The van der Waals surface area contributed by atoms with Crippen molar-refractivity contribution in [2.75, 3.05) is 7.11 Å². The first-order valence-electron chi connectivity index (χ1n) is 9.31. The number of methoxy groups -OCH3 is 1. The third kappa shape index (κ3) is 6.01. The zero-order valence-electron chi connectivity index (χ0n) is 16.1. The molecule has 1 atom stereocenters. The SMILES string of the molecule is COC(=O)c1cc(Cl)cc(C(CC2CCCCC2)C(=O)OC(C)(C)C)c1. The third-order valence-electron chi connectivity index (χ3n) is 4.73. The molecule has 0 heterocycles. The van der Waals surface area contributed by atoms with Crippen LogP contribution < -0.4 is 0 Å². The molecule has 1 fully saturated rings. The van der Waals surface area contributed by atoms with E-state index in [2.05, 4.69) is 0 Å². The minimum atomic E-state index is -0.564. The van der Waals surface area contributed by atoms with Crippen LogP contribution in [0.3, 0.4) is 0 Å². The molecule has 1 unspecified atom stereocenters. The number of hydrogen-bond acceptors (Lipinski definition) is 4. The lowest BCUT2D eigenvalue weighted by Crippen LogP contribution is -2.29. The minimum absolute atomic E-state index is 0.263. The average molecular weight is 381 g/mol. The van der Waals surface area contributed by atoms with Crippen LogP contribution in [0.1, 0.15) is 81.1 Å². The number of benzene rings is 1. The van der Waals surface area contributed by atoms with Gasteiger partial charge in [-0.05, 0) is 56.9 Å². The molecule has 1 aliphatic carbocycles. The first-order chi connectivity index (χ1) is 12.2.